The van der Waals surface area contributed by atoms with Gasteiger partial charge in [-0.2, -0.15) is 0 Å². The van der Waals surface area contributed by atoms with Gasteiger partial charge in [0.15, 0.2) is 0 Å². The van der Waals surface area contributed by atoms with Gasteiger partial charge in [0.25, 0.3) is 0 Å². The molecule has 0 aliphatic heterocycles. The molecule has 1 radical (unpaired) electrons. The van der Waals surface area contributed by atoms with E-state index in [9.17, 15) is 0 Å². The fourth-order valence-electron chi connectivity index (χ4n) is 4.84. The Labute approximate surface area is 200 Å². The van der Waals surface area contributed by atoms with E-state index >= 15 is 0 Å². The van der Waals surface area contributed by atoms with Crippen LogP contribution in [-0.4, -0.2) is 0 Å². The third-order valence-electron chi connectivity index (χ3n) is 7.17. The Morgan fingerprint density at radius 1 is 0.485 bits per heavy atom. The number of rotatable bonds is 6. The summed E-state index contributed by atoms with van der Waals surface area (Å²) in [4.78, 5) is 0. The summed E-state index contributed by atoms with van der Waals surface area (Å²) in [5.74, 6) is 0.875. The van der Waals surface area contributed by atoms with Gasteiger partial charge in [-0.25, -0.2) is 0 Å². The molecule has 0 aliphatic rings. The van der Waals surface area contributed by atoms with E-state index in [4.69, 9.17) is 0 Å². The topological polar surface area (TPSA) is 0 Å². The first-order valence-corrected chi connectivity index (χ1v) is 12.1. The van der Waals surface area contributed by atoms with Gasteiger partial charge in [0, 0.05) is 17.8 Å². The number of aryl methyl sites for hydroxylation is 3. The number of hydrogen-bond donors (Lipinski definition) is 0. The quantitative estimate of drug-likeness (QED) is 0.286. The molecule has 0 fully saturated rings. The molecule has 0 amide bonds. The smallest absolute Gasteiger partial charge is 0.00702 e. The highest BCUT2D eigenvalue weighted by molar-refractivity contribution is 5.50. The molecule has 0 aliphatic carbocycles. The maximum Gasteiger partial charge on any atom is 0.00702 e. The summed E-state index contributed by atoms with van der Waals surface area (Å²) in [5, 5.41) is 0. The lowest BCUT2D eigenvalue weighted by Crippen LogP contribution is -2.12. The van der Waals surface area contributed by atoms with Crippen LogP contribution in [0.2, 0.25) is 0 Å². The first-order chi connectivity index (χ1) is 15.8. The second-order valence-electron chi connectivity index (χ2n) is 9.66. The van der Waals surface area contributed by atoms with Crippen LogP contribution < -0.4 is 0 Å². The van der Waals surface area contributed by atoms with Crippen LogP contribution in [0.15, 0.2) is 84.9 Å². The van der Waals surface area contributed by atoms with E-state index in [1.807, 2.05) is 0 Å². The van der Waals surface area contributed by atoms with Crippen molar-refractivity contribution in [2.45, 2.75) is 59.3 Å². The molecule has 0 saturated heterocycles. The Kier molecular flexibility index (Phi) is 6.84. The van der Waals surface area contributed by atoms with Crippen LogP contribution in [-0.2, 0) is 0 Å². The minimum absolute atomic E-state index is 0.277. The Morgan fingerprint density at radius 2 is 0.879 bits per heavy atom. The maximum atomic E-state index is 3.67. The SMILES string of the molecule is Cc1ccc(C(C)c2[c]ccc(C(C)c3ccc(C)cc3)c2C(C)c2ccc(C)cc2)cc1. The Bertz CT molecular complexity index is 1120. The molecule has 167 valence electrons. The molecule has 33 heavy (non-hydrogen) atoms. The Hall–Kier alpha value is -3.12. The molecule has 3 unspecified atom stereocenters. The fourth-order valence-corrected chi connectivity index (χ4v) is 4.84. The van der Waals surface area contributed by atoms with Gasteiger partial charge in [0.1, 0.15) is 0 Å². The molecule has 0 nitrogen and oxygen atoms in total. The summed E-state index contributed by atoms with van der Waals surface area (Å²) in [6.45, 7) is 13.5. The third kappa shape index (κ3) is 4.96. The zero-order chi connectivity index (χ0) is 23.5. The third-order valence-corrected chi connectivity index (χ3v) is 7.17. The van der Waals surface area contributed by atoms with Gasteiger partial charge in [-0.05, 0) is 60.2 Å². The van der Waals surface area contributed by atoms with Crippen LogP contribution >= 0.6 is 0 Å². The van der Waals surface area contributed by atoms with Gasteiger partial charge in [-0.3, -0.25) is 0 Å². The van der Waals surface area contributed by atoms with Crippen molar-refractivity contribution in [2.75, 3.05) is 0 Å². The summed E-state index contributed by atoms with van der Waals surface area (Å²) < 4.78 is 0. The molecule has 3 atom stereocenters. The average molecular weight is 432 g/mol. The summed E-state index contributed by atoms with van der Waals surface area (Å²) in [6, 6.07) is 35.1. The lowest BCUT2D eigenvalue weighted by atomic mass is 9.76. The molecule has 4 aromatic rings. The number of hydrogen-bond acceptors (Lipinski definition) is 0. The minimum Gasteiger partial charge on any atom is -0.0590 e. The molecule has 0 N–H and O–H groups in total. The summed E-state index contributed by atoms with van der Waals surface area (Å²) in [5.41, 5.74) is 12.1. The van der Waals surface area contributed by atoms with Gasteiger partial charge in [0.05, 0.1) is 0 Å². The Morgan fingerprint density at radius 3 is 1.33 bits per heavy atom. The van der Waals surface area contributed by atoms with E-state index < -0.39 is 0 Å². The van der Waals surface area contributed by atoms with Crippen molar-refractivity contribution in [3.63, 3.8) is 0 Å². The fraction of sp³-hybridized carbons (Fsp3) is 0.273. The van der Waals surface area contributed by atoms with Crippen molar-refractivity contribution in [2.24, 2.45) is 0 Å². The molecular weight excluding hydrogens is 396 g/mol. The first kappa shape index (κ1) is 23.1. The molecule has 0 heteroatoms. The van der Waals surface area contributed by atoms with Crippen LogP contribution in [0.4, 0.5) is 0 Å². The second kappa shape index (κ2) is 9.79. The largest absolute Gasteiger partial charge is 0.0590 e. The van der Waals surface area contributed by atoms with Crippen LogP contribution in [0.5, 0.6) is 0 Å². The Balaban J connectivity index is 1.87. The van der Waals surface area contributed by atoms with E-state index in [1.165, 1.54) is 50.1 Å². The number of benzene rings is 4. The van der Waals surface area contributed by atoms with Crippen molar-refractivity contribution < 1.29 is 0 Å². The molecule has 0 heterocycles. The lowest BCUT2D eigenvalue weighted by molar-refractivity contribution is 0.797. The molecule has 0 aromatic heterocycles. The maximum absolute atomic E-state index is 3.67. The van der Waals surface area contributed by atoms with Gasteiger partial charge in [-0.15, -0.1) is 0 Å². The molecular formula is C33H35. The van der Waals surface area contributed by atoms with Crippen LogP contribution in [0.1, 0.15) is 88.6 Å². The summed E-state index contributed by atoms with van der Waals surface area (Å²) >= 11 is 0. The van der Waals surface area contributed by atoms with Crippen molar-refractivity contribution in [1.29, 1.82) is 0 Å². The molecule has 4 rings (SSSR count). The molecule has 0 spiro atoms. The van der Waals surface area contributed by atoms with Gasteiger partial charge < -0.3 is 0 Å². The van der Waals surface area contributed by atoms with Crippen LogP contribution in [0.25, 0.3) is 0 Å². The standard InChI is InChI=1S/C33H35/c1-22-10-16-28(17-11-22)25(4)31-8-7-9-32(26(5)29-18-12-23(2)13-19-29)33(31)27(6)30-20-14-24(3)15-21-30/h7-8,10-21,25-27H,1-6H3. The van der Waals surface area contributed by atoms with Crippen molar-refractivity contribution in [3.05, 3.63) is 141 Å². The summed E-state index contributed by atoms with van der Waals surface area (Å²) in [6.07, 6.45) is 0. The van der Waals surface area contributed by atoms with Crippen molar-refractivity contribution in [3.8, 4) is 0 Å². The highest BCUT2D eigenvalue weighted by Gasteiger charge is 2.24. The first-order valence-electron chi connectivity index (χ1n) is 12.1. The predicted molar refractivity (Wildman–Crippen MR) is 141 cm³/mol. The van der Waals surface area contributed by atoms with Crippen LogP contribution in [0, 0.1) is 26.8 Å². The van der Waals surface area contributed by atoms with Gasteiger partial charge in [-0.1, -0.05) is 122 Å². The highest BCUT2D eigenvalue weighted by atomic mass is 14.3. The zero-order valence-electron chi connectivity index (χ0n) is 20.8. The van der Waals surface area contributed by atoms with E-state index in [-0.39, 0.29) is 11.8 Å². The minimum atomic E-state index is 0.277. The molecule has 4 aromatic carbocycles. The van der Waals surface area contributed by atoms with E-state index in [0.717, 1.165) is 0 Å². The van der Waals surface area contributed by atoms with Gasteiger partial charge >= 0.3 is 0 Å². The molecule has 0 bridgehead atoms. The van der Waals surface area contributed by atoms with Crippen LogP contribution in [0.3, 0.4) is 0 Å². The van der Waals surface area contributed by atoms with Crippen molar-refractivity contribution in [1.82, 2.24) is 0 Å². The van der Waals surface area contributed by atoms with E-state index in [2.05, 4.69) is 133 Å². The van der Waals surface area contributed by atoms with E-state index in [0.29, 0.717) is 5.92 Å². The van der Waals surface area contributed by atoms with E-state index in [1.54, 1.807) is 0 Å². The monoisotopic (exact) mass is 431 g/mol. The van der Waals surface area contributed by atoms with Crippen molar-refractivity contribution >= 4 is 0 Å². The second-order valence-corrected chi connectivity index (χ2v) is 9.66. The molecule has 0 saturated carbocycles. The predicted octanol–water partition coefficient (Wildman–Crippen LogP) is 8.87. The summed E-state index contributed by atoms with van der Waals surface area (Å²) in [7, 11) is 0. The normalized spacial score (nSPS) is 14.0. The highest BCUT2D eigenvalue weighted by Crippen LogP contribution is 2.40. The average Bonchev–Trinajstić information content (AvgIpc) is 2.83. The lowest BCUT2D eigenvalue weighted by Gasteiger charge is -2.27. The zero-order valence-corrected chi connectivity index (χ0v) is 20.8. The van der Waals surface area contributed by atoms with Gasteiger partial charge in [0.2, 0.25) is 0 Å².